The fourth-order valence-corrected chi connectivity index (χ4v) is 8.83. The normalized spacial score (nSPS) is 21.0. The highest BCUT2D eigenvalue weighted by Crippen LogP contribution is 2.38. The van der Waals surface area contributed by atoms with Gasteiger partial charge in [0.15, 0.2) is 0 Å². The monoisotopic (exact) mass is 692 g/mol. The maximum atomic E-state index is 13.6. The van der Waals surface area contributed by atoms with Crippen LogP contribution in [0.25, 0.3) is 0 Å². The van der Waals surface area contributed by atoms with Crippen molar-refractivity contribution in [1.29, 1.82) is 0 Å². The molecule has 1 aromatic heterocycles. The average Bonchev–Trinajstić information content (AvgIpc) is 4.02. The summed E-state index contributed by atoms with van der Waals surface area (Å²) in [5.41, 5.74) is -0.961. The number of amides is 2. The number of carbonyl (C=O) groups is 2. The Balaban J connectivity index is 1.03. The van der Waals surface area contributed by atoms with E-state index in [2.05, 4.69) is 20.1 Å². The van der Waals surface area contributed by atoms with Crippen molar-refractivity contribution in [1.82, 2.24) is 29.3 Å². The van der Waals surface area contributed by atoms with E-state index in [1.165, 1.54) is 18.9 Å². The summed E-state index contributed by atoms with van der Waals surface area (Å²) < 4.78 is 74.2. The van der Waals surface area contributed by atoms with Crippen LogP contribution in [0.4, 0.5) is 13.2 Å². The summed E-state index contributed by atoms with van der Waals surface area (Å²) in [5.74, 6) is -0.393. The van der Waals surface area contributed by atoms with Crippen LogP contribution in [0.1, 0.15) is 54.4 Å². The third-order valence-corrected chi connectivity index (χ3v) is 12.0. The summed E-state index contributed by atoms with van der Waals surface area (Å²) >= 11 is 0. The molecule has 0 atom stereocenters. The highest BCUT2D eigenvalue weighted by atomic mass is 32.2. The Morgan fingerprint density at radius 3 is 2.25 bits per heavy atom. The number of carbonyl (C=O) groups excluding carboxylic acids is 2. The van der Waals surface area contributed by atoms with Gasteiger partial charge in [0.2, 0.25) is 15.9 Å². The zero-order chi connectivity index (χ0) is 33.9. The molecule has 0 bridgehead atoms. The highest BCUT2D eigenvalue weighted by molar-refractivity contribution is 7.89. The largest absolute Gasteiger partial charge is 0.417 e. The van der Waals surface area contributed by atoms with Crippen LogP contribution in [0.5, 0.6) is 0 Å². The van der Waals surface area contributed by atoms with Gasteiger partial charge < -0.3 is 15.0 Å². The second-order valence-electron chi connectivity index (χ2n) is 13.2. The number of ether oxygens (including phenoxy) is 1. The third-order valence-electron chi connectivity index (χ3n) is 10.0. The van der Waals surface area contributed by atoms with E-state index in [0.29, 0.717) is 56.9 Å². The lowest BCUT2D eigenvalue weighted by molar-refractivity contribution is -0.140. The maximum Gasteiger partial charge on any atom is 0.417 e. The maximum absolute atomic E-state index is 13.6. The van der Waals surface area contributed by atoms with Gasteiger partial charge in [0.1, 0.15) is 6.61 Å². The minimum atomic E-state index is -4.82. The van der Waals surface area contributed by atoms with Crippen molar-refractivity contribution in [2.45, 2.75) is 67.2 Å². The number of aromatic nitrogens is 1. The van der Waals surface area contributed by atoms with Crippen LogP contribution < -0.4 is 5.32 Å². The smallest absolute Gasteiger partial charge is 0.370 e. The SMILES string of the molecule is O=C(NCC1(N2CCN(C3CC3)CC2)CCN(C(=O)COCCN(C2CC2)S(=O)(=O)c2ccccc2C(F)(F)F)CC1)c1ccncc1. The fraction of sp³-hybridized carbons (Fsp3) is 0.606. The Hall–Kier alpha value is -3.11. The molecule has 4 aliphatic rings. The molecule has 15 heteroatoms. The summed E-state index contributed by atoms with van der Waals surface area (Å²) in [6, 6.07) is 7.85. The van der Waals surface area contributed by atoms with Crippen LogP contribution in [0.3, 0.4) is 0 Å². The van der Waals surface area contributed by atoms with E-state index in [1.807, 2.05) is 0 Å². The highest BCUT2D eigenvalue weighted by Gasteiger charge is 2.45. The van der Waals surface area contributed by atoms with Crippen molar-refractivity contribution in [2.75, 3.05) is 65.6 Å². The number of hydrogen-bond donors (Lipinski definition) is 1. The van der Waals surface area contributed by atoms with E-state index in [-0.39, 0.29) is 37.1 Å². The molecule has 1 N–H and O–H groups in total. The van der Waals surface area contributed by atoms with Crippen LogP contribution in [-0.4, -0.2) is 127 Å². The molecule has 3 heterocycles. The van der Waals surface area contributed by atoms with E-state index in [1.54, 1.807) is 29.4 Å². The molecule has 4 fully saturated rings. The van der Waals surface area contributed by atoms with E-state index in [4.69, 9.17) is 4.74 Å². The van der Waals surface area contributed by atoms with Crippen molar-refractivity contribution in [3.8, 4) is 0 Å². The zero-order valence-corrected chi connectivity index (χ0v) is 27.7. The molecular formula is C33H43F3N6O5S. The van der Waals surface area contributed by atoms with Gasteiger partial charge in [0.25, 0.3) is 5.91 Å². The lowest BCUT2D eigenvalue weighted by Crippen LogP contribution is -2.65. The molecule has 2 aliphatic heterocycles. The number of benzene rings is 1. The number of alkyl halides is 3. The van der Waals surface area contributed by atoms with Crippen molar-refractivity contribution >= 4 is 21.8 Å². The van der Waals surface area contributed by atoms with Crippen LogP contribution in [0, 0.1) is 0 Å². The molecule has 1 aromatic carbocycles. The van der Waals surface area contributed by atoms with Gasteiger partial charge in [-0.15, -0.1) is 0 Å². The predicted molar refractivity (Wildman–Crippen MR) is 170 cm³/mol. The van der Waals surface area contributed by atoms with Gasteiger partial charge >= 0.3 is 6.18 Å². The number of nitrogens with zero attached hydrogens (tertiary/aromatic N) is 5. The number of pyridine rings is 1. The number of likely N-dealkylation sites (tertiary alicyclic amines) is 1. The van der Waals surface area contributed by atoms with Crippen LogP contribution in [-0.2, 0) is 25.7 Å². The van der Waals surface area contributed by atoms with Crippen molar-refractivity contribution in [2.24, 2.45) is 0 Å². The Morgan fingerprint density at radius 2 is 1.62 bits per heavy atom. The summed E-state index contributed by atoms with van der Waals surface area (Å²) in [6.07, 6.45) is 3.33. The minimum Gasteiger partial charge on any atom is -0.370 e. The standard InChI is InChI=1S/C33H43F3N6O5S/c34-33(35,36)28-3-1-2-4-29(28)48(45,46)42(27-7-8-27)21-22-47-23-30(43)40-15-11-32(12-16-40,24-38-31(44)25-9-13-37-14-10-25)41-19-17-39(18-20-41)26-5-6-26/h1-4,9-10,13-14,26-27H,5-8,11-12,15-24H2,(H,38,44). The molecule has 2 amide bonds. The average molecular weight is 693 g/mol. The molecule has 11 nitrogen and oxygen atoms in total. The van der Waals surface area contributed by atoms with E-state index >= 15 is 0 Å². The van der Waals surface area contributed by atoms with Crippen molar-refractivity contribution in [3.63, 3.8) is 0 Å². The molecular weight excluding hydrogens is 649 g/mol. The lowest BCUT2D eigenvalue weighted by atomic mass is 9.84. The number of rotatable bonds is 13. The first-order chi connectivity index (χ1) is 23.0. The van der Waals surface area contributed by atoms with E-state index in [0.717, 1.165) is 48.7 Å². The number of sulfonamides is 1. The summed E-state index contributed by atoms with van der Waals surface area (Å²) in [6.45, 7) is 4.63. The molecule has 2 saturated carbocycles. The molecule has 48 heavy (non-hydrogen) atoms. The molecule has 262 valence electrons. The van der Waals surface area contributed by atoms with Gasteiger partial charge in [0, 0.05) is 87.9 Å². The van der Waals surface area contributed by atoms with Gasteiger partial charge in [-0.25, -0.2) is 8.42 Å². The molecule has 0 spiro atoms. The zero-order valence-electron chi connectivity index (χ0n) is 26.9. The Bertz CT molecular complexity index is 1540. The number of piperidine rings is 1. The van der Waals surface area contributed by atoms with Gasteiger partial charge in [-0.1, -0.05) is 12.1 Å². The van der Waals surface area contributed by atoms with Crippen LogP contribution >= 0.6 is 0 Å². The first-order valence-corrected chi connectivity index (χ1v) is 18.1. The summed E-state index contributed by atoms with van der Waals surface area (Å²) in [5, 5.41) is 3.13. The first-order valence-electron chi connectivity index (χ1n) is 16.7. The second-order valence-corrected chi connectivity index (χ2v) is 15.0. The van der Waals surface area contributed by atoms with Gasteiger partial charge in [0.05, 0.1) is 17.1 Å². The fourth-order valence-electron chi connectivity index (χ4n) is 6.95. The second kappa shape index (κ2) is 14.4. The molecule has 2 aliphatic carbocycles. The Kier molecular flexibility index (Phi) is 10.4. The van der Waals surface area contributed by atoms with Gasteiger partial charge in [-0.3, -0.25) is 24.4 Å². The van der Waals surface area contributed by atoms with Crippen molar-refractivity contribution in [3.05, 3.63) is 59.9 Å². The summed E-state index contributed by atoms with van der Waals surface area (Å²) in [4.78, 5) is 36.1. The number of hydrogen-bond acceptors (Lipinski definition) is 8. The molecule has 6 rings (SSSR count). The van der Waals surface area contributed by atoms with Crippen molar-refractivity contribution < 1.29 is 35.9 Å². The lowest BCUT2D eigenvalue weighted by Gasteiger charge is -2.51. The minimum absolute atomic E-state index is 0.125. The van der Waals surface area contributed by atoms with E-state index < -0.39 is 32.7 Å². The number of nitrogens with one attached hydrogen (secondary N) is 1. The molecule has 2 aromatic rings. The van der Waals surface area contributed by atoms with Gasteiger partial charge in [-0.05, 0) is 62.8 Å². The van der Waals surface area contributed by atoms with Crippen LogP contribution in [0.15, 0.2) is 53.7 Å². The van der Waals surface area contributed by atoms with E-state index in [9.17, 15) is 31.2 Å². The molecule has 0 unspecified atom stereocenters. The topological polar surface area (TPSA) is 115 Å². The number of piperazine rings is 1. The predicted octanol–water partition coefficient (Wildman–Crippen LogP) is 2.84. The van der Waals surface area contributed by atoms with Crippen LogP contribution in [0.2, 0.25) is 0 Å². The first kappa shape index (κ1) is 34.7. The Labute approximate surface area is 279 Å². The quantitative estimate of drug-likeness (QED) is 0.319. The number of halogens is 3. The summed E-state index contributed by atoms with van der Waals surface area (Å²) in [7, 11) is -4.43. The molecule has 0 radical (unpaired) electrons. The molecule has 2 saturated heterocycles. The third kappa shape index (κ3) is 8.02. The van der Waals surface area contributed by atoms with Gasteiger partial charge in [-0.2, -0.15) is 17.5 Å². The Morgan fingerprint density at radius 1 is 0.958 bits per heavy atom.